The lowest BCUT2D eigenvalue weighted by Gasteiger charge is -2.33. The normalized spacial score (nSPS) is 35.8. The van der Waals surface area contributed by atoms with Crippen LogP contribution in [-0.2, 0) is 0 Å². The highest BCUT2D eigenvalue weighted by Gasteiger charge is 2.25. The molecule has 0 amide bonds. The van der Waals surface area contributed by atoms with Gasteiger partial charge in [-0.1, -0.05) is 39.0 Å². The molecule has 0 radical (unpaired) electrons. The maximum Gasteiger partial charge on any atom is -0.00179 e. The van der Waals surface area contributed by atoms with Crippen molar-refractivity contribution >= 4 is 0 Å². The van der Waals surface area contributed by atoms with E-state index in [4.69, 9.17) is 0 Å². The third-order valence-corrected chi connectivity index (χ3v) is 4.35. The summed E-state index contributed by atoms with van der Waals surface area (Å²) in [6, 6.07) is 0. The van der Waals surface area contributed by atoms with E-state index in [9.17, 15) is 0 Å². The van der Waals surface area contributed by atoms with E-state index in [2.05, 4.69) is 12.2 Å². The minimum atomic E-state index is 0.971. The molecule has 1 N–H and O–H groups in total. The van der Waals surface area contributed by atoms with Gasteiger partial charge < -0.3 is 5.32 Å². The molecular formula is C13H25N. The van der Waals surface area contributed by atoms with E-state index in [1.165, 1.54) is 58.0 Å². The lowest BCUT2D eigenvalue weighted by Crippen LogP contribution is -2.36. The first-order valence-electron chi connectivity index (χ1n) is 6.57. The van der Waals surface area contributed by atoms with Crippen molar-refractivity contribution in [3.63, 3.8) is 0 Å². The molecule has 1 nitrogen and oxygen atoms in total. The molecule has 1 aliphatic carbocycles. The van der Waals surface area contributed by atoms with Crippen LogP contribution >= 0.6 is 0 Å². The van der Waals surface area contributed by atoms with Crippen LogP contribution in [0.2, 0.25) is 0 Å². The lowest BCUT2D eigenvalue weighted by atomic mass is 9.77. The highest BCUT2D eigenvalue weighted by molar-refractivity contribution is 4.78. The van der Waals surface area contributed by atoms with Gasteiger partial charge in [-0.2, -0.15) is 0 Å². The molecule has 1 saturated carbocycles. The first-order chi connectivity index (χ1) is 6.86. The van der Waals surface area contributed by atoms with E-state index in [0.717, 1.165) is 17.8 Å². The predicted molar refractivity (Wildman–Crippen MR) is 61.3 cm³/mol. The van der Waals surface area contributed by atoms with Gasteiger partial charge in [-0.25, -0.2) is 0 Å². The van der Waals surface area contributed by atoms with Gasteiger partial charge in [-0.05, 0) is 43.7 Å². The maximum absolute atomic E-state index is 3.55. The van der Waals surface area contributed by atoms with E-state index >= 15 is 0 Å². The summed E-state index contributed by atoms with van der Waals surface area (Å²) in [6.45, 7) is 4.99. The lowest BCUT2D eigenvalue weighted by molar-refractivity contribution is 0.201. The third kappa shape index (κ3) is 2.73. The minimum Gasteiger partial charge on any atom is -0.316 e. The average Bonchev–Trinajstić information content (AvgIpc) is 2.23. The molecule has 1 saturated heterocycles. The maximum atomic E-state index is 3.55. The Morgan fingerprint density at radius 3 is 2.57 bits per heavy atom. The van der Waals surface area contributed by atoms with Crippen molar-refractivity contribution in [1.82, 2.24) is 5.32 Å². The molecule has 1 heteroatoms. The van der Waals surface area contributed by atoms with Crippen molar-refractivity contribution < 1.29 is 0 Å². The molecule has 1 aliphatic heterocycles. The Hall–Kier alpha value is -0.0400. The van der Waals surface area contributed by atoms with Crippen LogP contribution in [0.5, 0.6) is 0 Å². The molecule has 2 aliphatic rings. The molecule has 1 heterocycles. The smallest absolute Gasteiger partial charge is 0.00179 e. The van der Waals surface area contributed by atoms with Crippen molar-refractivity contribution in [2.75, 3.05) is 13.1 Å². The van der Waals surface area contributed by atoms with Gasteiger partial charge in [0.05, 0.1) is 0 Å². The first kappa shape index (κ1) is 10.5. The van der Waals surface area contributed by atoms with Gasteiger partial charge in [0.25, 0.3) is 0 Å². The van der Waals surface area contributed by atoms with Gasteiger partial charge in [0.2, 0.25) is 0 Å². The monoisotopic (exact) mass is 195 g/mol. The van der Waals surface area contributed by atoms with Crippen LogP contribution in [-0.4, -0.2) is 13.1 Å². The summed E-state index contributed by atoms with van der Waals surface area (Å²) in [5.41, 5.74) is 0. The minimum absolute atomic E-state index is 0.971. The highest BCUT2D eigenvalue weighted by Crippen LogP contribution is 2.33. The fraction of sp³-hybridized carbons (Fsp3) is 1.00. The van der Waals surface area contributed by atoms with Gasteiger partial charge in [-0.15, -0.1) is 0 Å². The zero-order valence-corrected chi connectivity index (χ0v) is 9.60. The van der Waals surface area contributed by atoms with E-state index < -0.39 is 0 Å². The van der Waals surface area contributed by atoms with Crippen LogP contribution in [0, 0.1) is 17.8 Å². The molecule has 0 aromatic heterocycles. The van der Waals surface area contributed by atoms with Crippen LogP contribution in [0.4, 0.5) is 0 Å². The number of hydrogen-bond donors (Lipinski definition) is 1. The zero-order valence-electron chi connectivity index (χ0n) is 9.60. The zero-order chi connectivity index (χ0) is 9.80. The van der Waals surface area contributed by atoms with E-state index in [1.54, 1.807) is 0 Å². The Morgan fingerprint density at radius 1 is 1.07 bits per heavy atom. The van der Waals surface area contributed by atoms with Gasteiger partial charge in [0.1, 0.15) is 0 Å². The second-order valence-corrected chi connectivity index (χ2v) is 5.47. The van der Waals surface area contributed by atoms with Crippen molar-refractivity contribution in [2.45, 2.75) is 51.9 Å². The molecule has 2 atom stereocenters. The van der Waals surface area contributed by atoms with Crippen molar-refractivity contribution in [3.8, 4) is 0 Å². The molecule has 0 spiro atoms. The van der Waals surface area contributed by atoms with Crippen molar-refractivity contribution in [1.29, 1.82) is 0 Å². The predicted octanol–water partition coefficient (Wildman–Crippen LogP) is 3.20. The summed E-state index contributed by atoms with van der Waals surface area (Å²) < 4.78 is 0. The van der Waals surface area contributed by atoms with Crippen LogP contribution < -0.4 is 5.32 Å². The van der Waals surface area contributed by atoms with Gasteiger partial charge in [0, 0.05) is 0 Å². The Kier molecular flexibility index (Phi) is 3.86. The molecule has 0 aromatic rings. The SMILES string of the molecule is CC1CCNCC1CC1CCCCC1. The summed E-state index contributed by atoms with van der Waals surface area (Å²) in [7, 11) is 0. The number of rotatable bonds is 2. The number of nitrogens with one attached hydrogen (secondary N) is 1. The molecule has 0 aromatic carbocycles. The molecule has 0 bridgehead atoms. The summed E-state index contributed by atoms with van der Waals surface area (Å²) >= 11 is 0. The second kappa shape index (κ2) is 5.16. The standard InChI is InChI=1S/C13H25N/c1-11-7-8-14-10-13(11)9-12-5-3-2-4-6-12/h11-14H,2-10H2,1H3. The topological polar surface area (TPSA) is 12.0 Å². The summed E-state index contributed by atoms with van der Waals surface area (Å²) in [4.78, 5) is 0. The molecule has 2 fully saturated rings. The fourth-order valence-electron chi connectivity index (χ4n) is 3.22. The first-order valence-corrected chi connectivity index (χ1v) is 6.57. The molecule has 82 valence electrons. The van der Waals surface area contributed by atoms with E-state index in [1.807, 2.05) is 0 Å². The Labute approximate surface area is 88.7 Å². The number of hydrogen-bond acceptors (Lipinski definition) is 1. The van der Waals surface area contributed by atoms with Crippen molar-refractivity contribution in [2.24, 2.45) is 17.8 Å². The van der Waals surface area contributed by atoms with Gasteiger partial charge >= 0.3 is 0 Å². The van der Waals surface area contributed by atoms with E-state index in [-0.39, 0.29) is 0 Å². The van der Waals surface area contributed by atoms with Crippen LogP contribution in [0.25, 0.3) is 0 Å². The van der Waals surface area contributed by atoms with Crippen molar-refractivity contribution in [3.05, 3.63) is 0 Å². The van der Waals surface area contributed by atoms with Crippen LogP contribution in [0.3, 0.4) is 0 Å². The highest BCUT2D eigenvalue weighted by atomic mass is 14.9. The second-order valence-electron chi connectivity index (χ2n) is 5.47. The average molecular weight is 195 g/mol. The van der Waals surface area contributed by atoms with Crippen LogP contribution in [0.15, 0.2) is 0 Å². The van der Waals surface area contributed by atoms with Gasteiger partial charge in [-0.3, -0.25) is 0 Å². The summed E-state index contributed by atoms with van der Waals surface area (Å²) in [5.74, 6) is 3.01. The summed E-state index contributed by atoms with van der Waals surface area (Å²) in [5, 5.41) is 3.55. The summed E-state index contributed by atoms with van der Waals surface area (Å²) in [6.07, 6.45) is 10.4. The Morgan fingerprint density at radius 2 is 1.86 bits per heavy atom. The van der Waals surface area contributed by atoms with Crippen LogP contribution in [0.1, 0.15) is 51.9 Å². The molecular weight excluding hydrogens is 170 g/mol. The molecule has 14 heavy (non-hydrogen) atoms. The fourth-order valence-corrected chi connectivity index (χ4v) is 3.22. The third-order valence-electron chi connectivity index (χ3n) is 4.35. The largest absolute Gasteiger partial charge is 0.316 e. The Bertz CT molecular complexity index is 161. The molecule has 2 rings (SSSR count). The molecule has 2 unspecified atom stereocenters. The van der Waals surface area contributed by atoms with E-state index in [0.29, 0.717) is 0 Å². The quantitative estimate of drug-likeness (QED) is 0.713. The number of piperidine rings is 1. The van der Waals surface area contributed by atoms with Gasteiger partial charge in [0.15, 0.2) is 0 Å². The Balaban J connectivity index is 1.76.